The topological polar surface area (TPSA) is 23.8 Å². The van der Waals surface area contributed by atoms with Gasteiger partial charge in [0.25, 0.3) is 0 Å². The maximum atomic E-state index is 9.86. The molecule has 4 saturated carbocycles. The summed E-state index contributed by atoms with van der Waals surface area (Å²) >= 11 is 0. The van der Waals surface area contributed by atoms with E-state index in [9.17, 15) is 5.26 Å². The molecule has 1 spiro atoms. The Bertz CT molecular complexity index is 1200. The van der Waals surface area contributed by atoms with Gasteiger partial charge in [-0.05, 0) is 95.2 Å². The summed E-state index contributed by atoms with van der Waals surface area (Å²) in [6.07, 6.45) is 7.00. The number of nitriles is 1. The molecule has 0 amide bonds. The lowest BCUT2D eigenvalue weighted by atomic mass is 9.42. The average Bonchev–Trinajstić information content (AvgIpc) is 3.08. The molecule has 5 aliphatic carbocycles. The van der Waals surface area contributed by atoms with E-state index in [1.165, 1.54) is 48.8 Å². The molecule has 3 aromatic carbocycles. The fraction of sp³-hybridized carbons (Fsp3) is 0.345. The summed E-state index contributed by atoms with van der Waals surface area (Å²) in [6.45, 7) is 0. The first kappa shape index (κ1) is 16.9. The van der Waals surface area contributed by atoms with Crippen LogP contribution in [-0.2, 0) is 5.41 Å². The summed E-state index contributed by atoms with van der Waals surface area (Å²) in [4.78, 5) is 0. The molecule has 0 heterocycles. The predicted octanol–water partition coefficient (Wildman–Crippen LogP) is 6.95. The molecule has 0 aromatic heterocycles. The van der Waals surface area contributed by atoms with Gasteiger partial charge in [0.2, 0.25) is 0 Å². The lowest BCUT2D eigenvalue weighted by molar-refractivity contribution is -0.0397. The van der Waals surface area contributed by atoms with Gasteiger partial charge in [0.1, 0.15) is 0 Å². The van der Waals surface area contributed by atoms with Crippen molar-refractivity contribution in [3.63, 3.8) is 0 Å². The van der Waals surface area contributed by atoms with Crippen LogP contribution < -0.4 is 0 Å². The normalized spacial score (nSPS) is 32.1. The standard InChI is InChI=1S/C29H25N/c30-17-20-6-1-2-7-23(20)25-9-5-10-26-24-8-3-4-11-27(24)29(28(25)26)21-13-18-12-19(15-21)16-22(29)14-18/h1-11,18-19,21-22H,12-16H2. The minimum atomic E-state index is 0.137. The lowest BCUT2D eigenvalue weighted by Gasteiger charge is -2.61. The molecule has 0 aliphatic heterocycles. The molecular formula is C29H25N. The molecule has 0 unspecified atom stereocenters. The number of hydrogen-bond donors (Lipinski definition) is 0. The maximum Gasteiger partial charge on any atom is 0.0998 e. The Morgan fingerprint density at radius 3 is 1.90 bits per heavy atom. The van der Waals surface area contributed by atoms with Gasteiger partial charge in [0.15, 0.2) is 0 Å². The molecule has 1 heteroatoms. The molecule has 0 radical (unpaired) electrons. The molecule has 4 bridgehead atoms. The minimum Gasteiger partial charge on any atom is -0.192 e. The molecule has 0 saturated heterocycles. The van der Waals surface area contributed by atoms with Crippen LogP contribution in [0, 0.1) is 35.0 Å². The van der Waals surface area contributed by atoms with Gasteiger partial charge in [-0.1, -0.05) is 60.7 Å². The second kappa shape index (κ2) is 5.86. The third-order valence-electron chi connectivity index (χ3n) is 8.90. The first-order chi connectivity index (χ1) is 14.8. The van der Waals surface area contributed by atoms with Gasteiger partial charge in [-0.25, -0.2) is 0 Å². The summed E-state index contributed by atoms with van der Waals surface area (Å²) in [6, 6.07) is 26.7. The third kappa shape index (κ3) is 1.93. The zero-order valence-corrected chi connectivity index (χ0v) is 17.1. The van der Waals surface area contributed by atoms with Crippen LogP contribution in [0.3, 0.4) is 0 Å². The Morgan fingerprint density at radius 1 is 0.633 bits per heavy atom. The molecule has 3 aromatic rings. The van der Waals surface area contributed by atoms with E-state index >= 15 is 0 Å². The smallest absolute Gasteiger partial charge is 0.0998 e. The van der Waals surface area contributed by atoms with Crippen molar-refractivity contribution in [2.24, 2.45) is 23.7 Å². The van der Waals surface area contributed by atoms with E-state index in [4.69, 9.17) is 0 Å². The van der Waals surface area contributed by atoms with Crippen LogP contribution in [0.1, 0.15) is 48.8 Å². The zero-order valence-electron chi connectivity index (χ0n) is 17.1. The molecular weight excluding hydrogens is 362 g/mol. The van der Waals surface area contributed by atoms with Crippen LogP contribution in [0.5, 0.6) is 0 Å². The van der Waals surface area contributed by atoms with Crippen LogP contribution in [-0.4, -0.2) is 0 Å². The first-order valence-corrected chi connectivity index (χ1v) is 11.5. The Labute approximate surface area is 178 Å². The van der Waals surface area contributed by atoms with Crippen molar-refractivity contribution in [3.8, 4) is 28.3 Å². The molecule has 4 fully saturated rings. The fourth-order valence-corrected chi connectivity index (χ4v) is 8.25. The summed E-state index contributed by atoms with van der Waals surface area (Å²) < 4.78 is 0. The van der Waals surface area contributed by atoms with E-state index in [0.717, 1.165) is 34.8 Å². The SMILES string of the molecule is N#Cc1ccccc1-c1cccc2c1C1(c3ccccc3-2)C2CC3CC(C2)CC1C3. The third-order valence-corrected chi connectivity index (χ3v) is 8.90. The van der Waals surface area contributed by atoms with Crippen molar-refractivity contribution in [2.45, 2.75) is 37.5 Å². The van der Waals surface area contributed by atoms with E-state index < -0.39 is 0 Å². The van der Waals surface area contributed by atoms with Gasteiger partial charge in [0, 0.05) is 5.41 Å². The lowest BCUT2D eigenvalue weighted by Crippen LogP contribution is -2.55. The summed E-state index contributed by atoms with van der Waals surface area (Å²) in [7, 11) is 0. The average molecular weight is 388 g/mol. The van der Waals surface area contributed by atoms with Crippen LogP contribution in [0.4, 0.5) is 0 Å². The van der Waals surface area contributed by atoms with E-state index in [1.807, 2.05) is 12.1 Å². The van der Waals surface area contributed by atoms with Crippen molar-refractivity contribution in [1.29, 1.82) is 5.26 Å². The highest BCUT2D eigenvalue weighted by atomic mass is 14.6. The van der Waals surface area contributed by atoms with Crippen LogP contribution in [0.15, 0.2) is 66.7 Å². The van der Waals surface area contributed by atoms with Gasteiger partial charge < -0.3 is 0 Å². The molecule has 0 N–H and O–H groups in total. The van der Waals surface area contributed by atoms with Gasteiger partial charge in [0.05, 0.1) is 11.6 Å². The monoisotopic (exact) mass is 387 g/mol. The largest absolute Gasteiger partial charge is 0.192 e. The van der Waals surface area contributed by atoms with Crippen molar-refractivity contribution < 1.29 is 0 Å². The van der Waals surface area contributed by atoms with Crippen molar-refractivity contribution in [3.05, 3.63) is 83.4 Å². The molecule has 30 heavy (non-hydrogen) atoms. The van der Waals surface area contributed by atoms with Crippen LogP contribution in [0.2, 0.25) is 0 Å². The van der Waals surface area contributed by atoms with E-state index in [0.29, 0.717) is 0 Å². The summed E-state index contributed by atoms with van der Waals surface area (Å²) in [5, 5.41) is 9.86. The Morgan fingerprint density at radius 2 is 1.20 bits per heavy atom. The molecule has 1 nitrogen and oxygen atoms in total. The second-order valence-electron chi connectivity index (χ2n) is 10.1. The summed E-state index contributed by atoms with van der Waals surface area (Å²) in [5.74, 6) is 3.36. The highest BCUT2D eigenvalue weighted by molar-refractivity contribution is 5.90. The molecule has 0 atom stereocenters. The Balaban J connectivity index is 1.58. The van der Waals surface area contributed by atoms with Gasteiger partial charge >= 0.3 is 0 Å². The molecule has 8 rings (SSSR count). The fourth-order valence-electron chi connectivity index (χ4n) is 8.25. The number of benzene rings is 3. The zero-order chi connectivity index (χ0) is 19.9. The Kier molecular flexibility index (Phi) is 3.30. The van der Waals surface area contributed by atoms with Crippen LogP contribution >= 0.6 is 0 Å². The van der Waals surface area contributed by atoms with Gasteiger partial charge in [-0.3, -0.25) is 0 Å². The molecule has 5 aliphatic rings. The minimum absolute atomic E-state index is 0.137. The number of rotatable bonds is 1. The second-order valence-corrected chi connectivity index (χ2v) is 10.1. The van der Waals surface area contributed by atoms with Crippen molar-refractivity contribution >= 4 is 0 Å². The summed E-state index contributed by atoms with van der Waals surface area (Å²) in [5.41, 5.74) is 9.32. The van der Waals surface area contributed by atoms with Gasteiger partial charge in [-0.15, -0.1) is 0 Å². The first-order valence-electron chi connectivity index (χ1n) is 11.5. The van der Waals surface area contributed by atoms with E-state index in [-0.39, 0.29) is 5.41 Å². The van der Waals surface area contributed by atoms with E-state index in [2.05, 4.69) is 60.7 Å². The van der Waals surface area contributed by atoms with E-state index in [1.54, 1.807) is 11.1 Å². The van der Waals surface area contributed by atoms with Crippen molar-refractivity contribution in [1.82, 2.24) is 0 Å². The van der Waals surface area contributed by atoms with Gasteiger partial charge in [-0.2, -0.15) is 5.26 Å². The quantitative estimate of drug-likeness (QED) is 0.443. The number of hydrogen-bond acceptors (Lipinski definition) is 1. The highest BCUT2D eigenvalue weighted by Gasteiger charge is 2.62. The maximum absolute atomic E-state index is 9.86. The molecule has 146 valence electrons. The predicted molar refractivity (Wildman–Crippen MR) is 120 cm³/mol. The number of fused-ring (bicyclic) bond motifs is 3. The Hall–Kier alpha value is -2.85. The highest BCUT2D eigenvalue weighted by Crippen LogP contribution is 2.70. The van der Waals surface area contributed by atoms with Crippen molar-refractivity contribution in [2.75, 3.05) is 0 Å². The van der Waals surface area contributed by atoms with Crippen LogP contribution in [0.25, 0.3) is 22.3 Å². The number of nitrogens with zero attached hydrogens (tertiary/aromatic N) is 1.